The minimum absolute atomic E-state index is 0.163. The molecule has 0 spiro atoms. The second kappa shape index (κ2) is 16.0. The van der Waals surface area contributed by atoms with Crippen LogP contribution in [0.15, 0.2) is 24.3 Å². The maximum absolute atomic E-state index is 7.98. The molecular weight excluding hydrogens is 192 g/mol. The Kier molecular flexibility index (Phi) is 20.1. The van der Waals surface area contributed by atoms with E-state index < -0.39 is 0 Å². The molecule has 0 fully saturated rings. The molecule has 0 radical (unpaired) electrons. The molecule has 60 valence electrons. The summed E-state index contributed by atoms with van der Waals surface area (Å²) in [5, 5.41) is 8.96. The minimum atomic E-state index is 0.163. The van der Waals surface area contributed by atoms with Crippen LogP contribution in [0.5, 0.6) is 0 Å². The smallest absolute Gasteiger partial charge is 0.0612 e. The van der Waals surface area contributed by atoms with Crippen LogP contribution in [-0.2, 0) is 0 Å². The summed E-state index contributed by atoms with van der Waals surface area (Å²) in [6.07, 6.45) is 7.54. The summed E-state index contributed by atoms with van der Waals surface area (Å²) in [6.45, 7) is 4.04. The van der Waals surface area contributed by atoms with E-state index in [2.05, 4.69) is 15.9 Å². The van der Waals surface area contributed by atoms with Crippen LogP contribution in [0.2, 0.25) is 0 Å². The topological polar surface area (TPSA) is 20.2 Å². The molecule has 0 aliphatic rings. The van der Waals surface area contributed by atoms with Crippen molar-refractivity contribution >= 4 is 15.9 Å². The van der Waals surface area contributed by atoms with Crippen molar-refractivity contribution < 1.29 is 5.11 Å². The second-order valence-corrected chi connectivity index (χ2v) is 2.12. The van der Waals surface area contributed by atoms with Crippen LogP contribution in [0.3, 0.4) is 0 Å². The molecule has 0 aromatic carbocycles. The highest BCUT2D eigenvalue weighted by atomic mass is 79.9. The van der Waals surface area contributed by atoms with Gasteiger partial charge in [-0.3, -0.25) is 0 Å². The highest BCUT2D eigenvalue weighted by Gasteiger charge is 1.54. The molecule has 2 heteroatoms. The summed E-state index contributed by atoms with van der Waals surface area (Å²) in [5.74, 6) is 0. The zero-order valence-electron chi connectivity index (χ0n) is 6.55. The molecule has 0 saturated heterocycles. The molecule has 0 aliphatic heterocycles. The maximum Gasteiger partial charge on any atom is 0.0612 e. The number of alkyl halides is 1. The lowest BCUT2D eigenvalue weighted by atomic mass is 10.6. The molecule has 0 saturated carbocycles. The molecule has 0 unspecified atom stereocenters. The van der Waals surface area contributed by atoms with E-state index in [0.717, 1.165) is 5.33 Å². The summed E-state index contributed by atoms with van der Waals surface area (Å²) in [5.41, 5.74) is 0. The molecule has 1 N–H and O–H groups in total. The molecule has 0 bridgehead atoms. The van der Waals surface area contributed by atoms with Crippen LogP contribution in [0, 0.1) is 0 Å². The van der Waals surface area contributed by atoms with Gasteiger partial charge in [-0.2, -0.15) is 0 Å². The largest absolute Gasteiger partial charge is 0.392 e. The fourth-order valence-corrected chi connectivity index (χ4v) is 0.568. The van der Waals surface area contributed by atoms with Gasteiger partial charge in [0.1, 0.15) is 0 Å². The van der Waals surface area contributed by atoms with Gasteiger partial charge in [0.25, 0.3) is 0 Å². The van der Waals surface area contributed by atoms with E-state index in [-0.39, 0.29) is 6.61 Å². The SMILES string of the molecule is C/C=C/CBr.C/C=C/CO. The number of aliphatic hydroxyl groups is 1. The number of rotatable bonds is 2. The number of aliphatic hydroxyl groups excluding tert-OH is 1. The van der Waals surface area contributed by atoms with Crippen molar-refractivity contribution in [1.82, 2.24) is 0 Å². The average molecular weight is 207 g/mol. The van der Waals surface area contributed by atoms with Crippen molar-refractivity contribution in [1.29, 1.82) is 0 Å². The van der Waals surface area contributed by atoms with E-state index in [1.165, 1.54) is 0 Å². The minimum Gasteiger partial charge on any atom is -0.392 e. The lowest BCUT2D eigenvalue weighted by Gasteiger charge is -1.66. The van der Waals surface area contributed by atoms with Crippen molar-refractivity contribution in [3.63, 3.8) is 0 Å². The molecule has 0 aromatic rings. The van der Waals surface area contributed by atoms with Crippen LogP contribution >= 0.6 is 15.9 Å². The predicted molar refractivity (Wildman–Crippen MR) is 50.5 cm³/mol. The zero-order valence-corrected chi connectivity index (χ0v) is 8.13. The lowest BCUT2D eigenvalue weighted by molar-refractivity contribution is 0.342. The Bertz CT molecular complexity index is 75.3. The van der Waals surface area contributed by atoms with Gasteiger partial charge < -0.3 is 5.11 Å². The Morgan fingerprint density at radius 2 is 1.70 bits per heavy atom. The van der Waals surface area contributed by atoms with Crippen molar-refractivity contribution in [2.45, 2.75) is 13.8 Å². The summed E-state index contributed by atoms with van der Waals surface area (Å²) in [6, 6.07) is 0. The van der Waals surface area contributed by atoms with E-state index in [4.69, 9.17) is 5.11 Å². The van der Waals surface area contributed by atoms with Gasteiger partial charge in [0, 0.05) is 5.33 Å². The lowest BCUT2D eigenvalue weighted by Crippen LogP contribution is -1.65. The number of allylic oxidation sites excluding steroid dienone is 3. The Labute approximate surface area is 71.6 Å². The first-order valence-electron chi connectivity index (χ1n) is 3.22. The Morgan fingerprint density at radius 1 is 1.20 bits per heavy atom. The van der Waals surface area contributed by atoms with Crippen molar-refractivity contribution in [2.75, 3.05) is 11.9 Å². The fourth-order valence-electron chi connectivity index (χ4n) is 0.194. The molecular formula is C8H15BrO. The summed E-state index contributed by atoms with van der Waals surface area (Å²) in [7, 11) is 0. The van der Waals surface area contributed by atoms with Gasteiger partial charge in [-0.25, -0.2) is 0 Å². The van der Waals surface area contributed by atoms with Crippen molar-refractivity contribution in [3.05, 3.63) is 24.3 Å². The number of hydrogen-bond acceptors (Lipinski definition) is 1. The predicted octanol–water partition coefficient (Wildman–Crippen LogP) is 2.51. The molecule has 0 heterocycles. The Morgan fingerprint density at radius 3 is 1.70 bits per heavy atom. The summed E-state index contributed by atoms with van der Waals surface area (Å²) < 4.78 is 0. The standard InChI is InChI=1S/C4H7Br.C4H8O/c2*1-2-3-4-5/h2-3H,4H2,1H3;2-3,5H,4H2,1H3/b2*3-2+. The second-order valence-electron chi connectivity index (χ2n) is 1.47. The first-order valence-corrected chi connectivity index (χ1v) is 4.34. The molecule has 10 heavy (non-hydrogen) atoms. The normalized spacial score (nSPS) is 10.0. The van der Waals surface area contributed by atoms with Crippen LogP contribution in [0.4, 0.5) is 0 Å². The molecule has 0 amide bonds. The van der Waals surface area contributed by atoms with Crippen LogP contribution in [0.25, 0.3) is 0 Å². The van der Waals surface area contributed by atoms with Gasteiger partial charge in [0.2, 0.25) is 0 Å². The molecule has 0 aromatic heterocycles. The van der Waals surface area contributed by atoms with E-state index in [1.807, 2.05) is 26.0 Å². The first-order chi connectivity index (χ1) is 4.83. The van der Waals surface area contributed by atoms with Crippen LogP contribution in [0.1, 0.15) is 13.8 Å². The average Bonchev–Trinajstić information content (AvgIpc) is 1.93. The molecule has 0 atom stereocenters. The zero-order chi connectivity index (χ0) is 8.24. The third kappa shape index (κ3) is 24.7. The van der Waals surface area contributed by atoms with E-state index in [0.29, 0.717) is 0 Å². The third-order valence-electron chi connectivity index (χ3n) is 0.666. The van der Waals surface area contributed by atoms with Gasteiger partial charge in [0.05, 0.1) is 6.61 Å². The molecule has 1 nitrogen and oxygen atoms in total. The number of hydrogen-bond donors (Lipinski definition) is 1. The van der Waals surface area contributed by atoms with Gasteiger partial charge in [-0.1, -0.05) is 40.2 Å². The highest BCUT2D eigenvalue weighted by molar-refractivity contribution is 9.09. The van der Waals surface area contributed by atoms with Crippen molar-refractivity contribution in [2.24, 2.45) is 0 Å². The fraction of sp³-hybridized carbons (Fsp3) is 0.500. The number of halogens is 1. The highest BCUT2D eigenvalue weighted by Crippen LogP contribution is 1.77. The summed E-state index contributed by atoms with van der Waals surface area (Å²) in [4.78, 5) is 0. The van der Waals surface area contributed by atoms with Gasteiger partial charge in [0.15, 0.2) is 0 Å². The third-order valence-corrected chi connectivity index (χ3v) is 1.04. The summed E-state index contributed by atoms with van der Waals surface area (Å²) >= 11 is 3.22. The Balaban J connectivity index is 0. The monoisotopic (exact) mass is 206 g/mol. The Hall–Kier alpha value is -0.0800. The molecule has 0 rings (SSSR count). The molecule has 0 aliphatic carbocycles. The van der Waals surface area contributed by atoms with Crippen LogP contribution < -0.4 is 0 Å². The van der Waals surface area contributed by atoms with Crippen LogP contribution in [-0.4, -0.2) is 17.0 Å². The van der Waals surface area contributed by atoms with Gasteiger partial charge >= 0.3 is 0 Å². The quantitative estimate of drug-likeness (QED) is 0.544. The van der Waals surface area contributed by atoms with Gasteiger partial charge in [-0.05, 0) is 13.8 Å². The van der Waals surface area contributed by atoms with E-state index in [9.17, 15) is 0 Å². The van der Waals surface area contributed by atoms with Crippen molar-refractivity contribution in [3.8, 4) is 0 Å². The van der Waals surface area contributed by atoms with Gasteiger partial charge in [-0.15, -0.1) is 0 Å². The maximum atomic E-state index is 7.98. The first kappa shape index (κ1) is 12.6. The van der Waals surface area contributed by atoms with E-state index in [1.54, 1.807) is 12.2 Å². The van der Waals surface area contributed by atoms with E-state index >= 15 is 0 Å².